The normalized spacial score (nSPS) is 22.0. The van der Waals surface area contributed by atoms with Gasteiger partial charge in [-0.3, -0.25) is 4.90 Å². The Labute approximate surface area is 166 Å². The quantitative estimate of drug-likeness (QED) is 0.797. The summed E-state index contributed by atoms with van der Waals surface area (Å²) in [6.07, 6.45) is 3.73. The lowest BCUT2D eigenvalue weighted by Crippen LogP contribution is -2.41. The summed E-state index contributed by atoms with van der Waals surface area (Å²) in [4.78, 5) is 14.8. The fraction of sp³-hybridized carbons (Fsp3) is 0.619. The lowest BCUT2D eigenvalue weighted by molar-refractivity contribution is 0.201. The molecular weight excluding hydrogens is 356 g/mol. The number of aryl methyl sites for hydroxylation is 1. The Morgan fingerprint density at radius 1 is 1.11 bits per heavy atom. The van der Waals surface area contributed by atoms with Crippen LogP contribution < -0.4 is 9.64 Å². The molecule has 0 spiro atoms. The van der Waals surface area contributed by atoms with E-state index in [0.29, 0.717) is 6.61 Å². The standard InChI is InChI=1S/C21H30N4OS/c1-3-26-18-6-7-20-19(15-18)16(2)22-21(23-20)25-9-4-5-17(8-10-25)24-11-13-27-14-12-24/h6-7,15,17H,3-5,8-14H2,1-2H3. The van der Waals surface area contributed by atoms with Crippen LogP contribution in [-0.4, -0.2) is 65.2 Å². The van der Waals surface area contributed by atoms with E-state index in [1.807, 2.05) is 13.0 Å². The molecule has 5 nitrogen and oxygen atoms in total. The van der Waals surface area contributed by atoms with Crippen LogP contribution in [-0.2, 0) is 0 Å². The summed E-state index contributed by atoms with van der Waals surface area (Å²) in [5, 5.41) is 1.09. The topological polar surface area (TPSA) is 41.5 Å². The van der Waals surface area contributed by atoms with Crippen molar-refractivity contribution in [2.75, 3.05) is 49.2 Å². The highest BCUT2D eigenvalue weighted by Crippen LogP contribution is 2.26. The van der Waals surface area contributed by atoms with Gasteiger partial charge in [-0.15, -0.1) is 0 Å². The molecule has 2 aromatic rings. The van der Waals surface area contributed by atoms with Crippen molar-refractivity contribution in [3.63, 3.8) is 0 Å². The minimum absolute atomic E-state index is 0.675. The number of fused-ring (bicyclic) bond motifs is 1. The summed E-state index contributed by atoms with van der Waals surface area (Å²) in [5.41, 5.74) is 2.04. The average molecular weight is 387 g/mol. The molecular formula is C21H30N4OS. The van der Waals surface area contributed by atoms with E-state index in [0.717, 1.165) is 47.4 Å². The van der Waals surface area contributed by atoms with E-state index in [4.69, 9.17) is 14.7 Å². The molecule has 0 N–H and O–H groups in total. The highest BCUT2D eigenvalue weighted by molar-refractivity contribution is 7.99. The van der Waals surface area contributed by atoms with Gasteiger partial charge in [0.05, 0.1) is 17.8 Å². The van der Waals surface area contributed by atoms with Crippen molar-refractivity contribution in [3.8, 4) is 5.75 Å². The zero-order chi connectivity index (χ0) is 18.6. The first-order valence-corrected chi connectivity index (χ1v) is 11.4. The maximum absolute atomic E-state index is 5.63. The third kappa shape index (κ3) is 4.32. The Hall–Kier alpha value is -1.53. The monoisotopic (exact) mass is 386 g/mol. The van der Waals surface area contributed by atoms with Gasteiger partial charge in [0, 0.05) is 49.1 Å². The zero-order valence-corrected chi connectivity index (χ0v) is 17.3. The van der Waals surface area contributed by atoms with Crippen molar-refractivity contribution in [1.29, 1.82) is 0 Å². The van der Waals surface area contributed by atoms with Gasteiger partial charge >= 0.3 is 0 Å². The van der Waals surface area contributed by atoms with Crippen molar-refractivity contribution in [1.82, 2.24) is 14.9 Å². The Bertz CT molecular complexity index is 778. The van der Waals surface area contributed by atoms with Crippen molar-refractivity contribution in [2.24, 2.45) is 0 Å². The Morgan fingerprint density at radius 2 is 1.96 bits per heavy atom. The number of thioether (sulfide) groups is 1. The molecule has 27 heavy (non-hydrogen) atoms. The predicted molar refractivity (Wildman–Crippen MR) is 114 cm³/mol. The molecule has 2 aliphatic heterocycles. The molecule has 1 aromatic heterocycles. The largest absolute Gasteiger partial charge is 0.494 e. The summed E-state index contributed by atoms with van der Waals surface area (Å²) < 4.78 is 5.63. The second-order valence-corrected chi connectivity index (χ2v) is 8.67. The van der Waals surface area contributed by atoms with Crippen LogP contribution in [0.5, 0.6) is 5.75 Å². The number of nitrogens with zero attached hydrogens (tertiary/aromatic N) is 4. The molecule has 1 aromatic carbocycles. The van der Waals surface area contributed by atoms with E-state index in [-0.39, 0.29) is 0 Å². The smallest absolute Gasteiger partial charge is 0.226 e. The molecule has 1 unspecified atom stereocenters. The van der Waals surface area contributed by atoms with E-state index in [2.05, 4.69) is 40.6 Å². The number of hydrogen-bond acceptors (Lipinski definition) is 6. The van der Waals surface area contributed by atoms with Crippen molar-refractivity contribution in [3.05, 3.63) is 23.9 Å². The summed E-state index contributed by atoms with van der Waals surface area (Å²) >= 11 is 2.09. The number of ether oxygens (including phenoxy) is 1. The molecule has 0 bridgehead atoms. The van der Waals surface area contributed by atoms with Crippen LogP contribution in [0, 0.1) is 6.92 Å². The van der Waals surface area contributed by atoms with Gasteiger partial charge in [-0.25, -0.2) is 9.97 Å². The third-order valence-electron chi connectivity index (χ3n) is 5.70. The molecule has 0 radical (unpaired) electrons. The van der Waals surface area contributed by atoms with Gasteiger partial charge in [-0.05, 0) is 51.3 Å². The third-order valence-corrected chi connectivity index (χ3v) is 6.64. The van der Waals surface area contributed by atoms with Gasteiger partial charge in [-0.2, -0.15) is 11.8 Å². The fourth-order valence-corrected chi connectivity index (χ4v) is 5.16. The maximum atomic E-state index is 5.63. The highest BCUT2D eigenvalue weighted by Gasteiger charge is 2.25. The minimum Gasteiger partial charge on any atom is -0.494 e. The van der Waals surface area contributed by atoms with Crippen LogP contribution in [0.3, 0.4) is 0 Å². The van der Waals surface area contributed by atoms with Crippen molar-refractivity contribution >= 4 is 28.6 Å². The number of hydrogen-bond donors (Lipinski definition) is 0. The first-order chi connectivity index (χ1) is 13.2. The number of aromatic nitrogens is 2. The molecule has 1 atom stereocenters. The molecule has 2 saturated heterocycles. The molecule has 0 aliphatic carbocycles. The van der Waals surface area contributed by atoms with E-state index < -0.39 is 0 Å². The van der Waals surface area contributed by atoms with Gasteiger partial charge < -0.3 is 9.64 Å². The number of anilines is 1. The van der Waals surface area contributed by atoms with E-state index in [9.17, 15) is 0 Å². The summed E-state index contributed by atoms with van der Waals surface area (Å²) in [6.45, 7) is 9.37. The van der Waals surface area contributed by atoms with Crippen molar-refractivity contribution < 1.29 is 4.74 Å². The highest BCUT2D eigenvalue weighted by atomic mass is 32.2. The number of rotatable bonds is 4. The summed E-state index contributed by atoms with van der Waals surface area (Å²) in [6, 6.07) is 6.86. The minimum atomic E-state index is 0.675. The second kappa shape index (κ2) is 8.65. The van der Waals surface area contributed by atoms with Crippen LogP contribution in [0.25, 0.3) is 10.9 Å². The van der Waals surface area contributed by atoms with Crippen LogP contribution in [0.2, 0.25) is 0 Å². The van der Waals surface area contributed by atoms with E-state index in [1.165, 1.54) is 43.9 Å². The van der Waals surface area contributed by atoms with E-state index >= 15 is 0 Å². The Kier molecular flexibility index (Phi) is 6.03. The lowest BCUT2D eigenvalue weighted by atomic mass is 10.1. The van der Waals surface area contributed by atoms with Crippen LogP contribution in [0.4, 0.5) is 5.95 Å². The van der Waals surface area contributed by atoms with Crippen molar-refractivity contribution in [2.45, 2.75) is 39.2 Å². The van der Waals surface area contributed by atoms with Crippen LogP contribution >= 0.6 is 11.8 Å². The first kappa shape index (κ1) is 18.8. The van der Waals surface area contributed by atoms with Crippen LogP contribution in [0.15, 0.2) is 18.2 Å². The molecule has 2 aliphatic rings. The molecule has 4 rings (SSSR count). The summed E-state index contributed by atoms with van der Waals surface area (Å²) in [7, 11) is 0. The number of benzene rings is 1. The van der Waals surface area contributed by atoms with Gasteiger partial charge in [0.1, 0.15) is 5.75 Å². The van der Waals surface area contributed by atoms with Gasteiger partial charge in [0.15, 0.2) is 0 Å². The molecule has 2 fully saturated rings. The SMILES string of the molecule is CCOc1ccc2nc(N3CCCC(N4CCSCC4)CC3)nc(C)c2c1. The van der Waals surface area contributed by atoms with Gasteiger partial charge in [-0.1, -0.05) is 0 Å². The predicted octanol–water partition coefficient (Wildman–Crippen LogP) is 3.74. The average Bonchev–Trinajstić information content (AvgIpc) is 2.95. The zero-order valence-electron chi connectivity index (χ0n) is 16.5. The molecule has 6 heteroatoms. The molecule has 146 valence electrons. The Balaban J connectivity index is 1.50. The second-order valence-electron chi connectivity index (χ2n) is 7.44. The van der Waals surface area contributed by atoms with Gasteiger partial charge in [0.2, 0.25) is 5.95 Å². The first-order valence-electron chi connectivity index (χ1n) is 10.2. The Morgan fingerprint density at radius 3 is 2.78 bits per heavy atom. The summed E-state index contributed by atoms with van der Waals surface area (Å²) in [5.74, 6) is 4.36. The lowest BCUT2D eigenvalue weighted by Gasteiger charge is -2.33. The van der Waals surface area contributed by atoms with E-state index in [1.54, 1.807) is 0 Å². The van der Waals surface area contributed by atoms with Gasteiger partial charge in [0.25, 0.3) is 0 Å². The van der Waals surface area contributed by atoms with Crippen LogP contribution in [0.1, 0.15) is 31.9 Å². The maximum Gasteiger partial charge on any atom is 0.226 e. The molecule has 3 heterocycles. The molecule has 0 amide bonds. The molecule has 0 saturated carbocycles. The fourth-order valence-electron chi connectivity index (χ4n) is 4.23.